The number of hydrogen-bond acceptors (Lipinski definition) is 6. The fourth-order valence-electron chi connectivity index (χ4n) is 2.65. The Hall–Kier alpha value is -2.58. The summed E-state index contributed by atoms with van der Waals surface area (Å²) in [5.74, 6) is 0. The van der Waals surface area contributed by atoms with Crippen LogP contribution in [-0.2, 0) is 14.8 Å². The second-order valence-corrected chi connectivity index (χ2v) is 7.80. The Bertz CT molecular complexity index is 1120. The molecule has 2 heterocycles. The van der Waals surface area contributed by atoms with Crippen LogP contribution in [0.5, 0.6) is 0 Å². The summed E-state index contributed by atoms with van der Waals surface area (Å²) in [6.45, 7) is -0.0675. The smallest absolute Gasteiger partial charge is 0.265 e. The van der Waals surface area contributed by atoms with Gasteiger partial charge in [-0.2, -0.15) is 10.4 Å². The van der Waals surface area contributed by atoms with Crippen molar-refractivity contribution in [2.24, 2.45) is 0 Å². The SMILES string of the molecule is COCC(CO)n1cc(S(=O)(=O)Nc2ccc(Cl)c3c(C#N)c[nH]c23)cn1. The van der Waals surface area contributed by atoms with Gasteiger partial charge >= 0.3 is 0 Å². The maximum absolute atomic E-state index is 12.7. The third kappa shape index (κ3) is 3.63. The molecule has 0 aliphatic rings. The predicted molar refractivity (Wildman–Crippen MR) is 99.1 cm³/mol. The summed E-state index contributed by atoms with van der Waals surface area (Å²) in [5.41, 5.74) is 0.969. The maximum Gasteiger partial charge on any atom is 0.265 e. The van der Waals surface area contributed by atoms with Crippen molar-refractivity contribution >= 4 is 38.2 Å². The number of nitrogens with one attached hydrogen (secondary N) is 2. The molecule has 0 bridgehead atoms. The fourth-order valence-corrected chi connectivity index (χ4v) is 3.92. The zero-order chi connectivity index (χ0) is 19.6. The van der Waals surface area contributed by atoms with Crippen molar-refractivity contribution in [2.45, 2.75) is 10.9 Å². The molecule has 27 heavy (non-hydrogen) atoms. The van der Waals surface area contributed by atoms with Gasteiger partial charge in [-0.25, -0.2) is 8.42 Å². The number of H-pyrrole nitrogens is 1. The van der Waals surface area contributed by atoms with Crippen LogP contribution >= 0.6 is 11.6 Å². The first-order chi connectivity index (χ1) is 12.9. The van der Waals surface area contributed by atoms with E-state index in [-0.39, 0.29) is 23.8 Å². The minimum Gasteiger partial charge on any atom is -0.394 e. The molecule has 3 aromatic rings. The molecular formula is C16H16ClN5O4S. The van der Waals surface area contributed by atoms with Crippen LogP contribution in [0, 0.1) is 11.3 Å². The standard InChI is InChI=1S/C16H16ClN5O4S/c1-26-9-11(8-23)22-7-12(6-20-22)27(24,25)21-14-3-2-13(17)15-10(4-18)5-19-16(14)15/h2-3,5-7,11,19,21,23H,8-9H2,1H3. The molecule has 0 aliphatic carbocycles. The van der Waals surface area contributed by atoms with Gasteiger partial charge in [0.2, 0.25) is 0 Å². The van der Waals surface area contributed by atoms with Gasteiger partial charge in [-0.15, -0.1) is 0 Å². The van der Waals surface area contributed by atoms with E-state index in [1.165, 1.54) is 42.5 Å². The van der Waals surface area contributed by atoms with E-state index in [2.05, 4.69) is 14.8 Å². The molecule has 1 unspecified atom stereocenters. The van der Waals surface area contributed by atoms with Crippen LogP contribution in [-0.4, -0.2) is 48.6 Å². The van der Waals surface area contributed by atoms with Crippen molar-refractivity contribution in [1.29, 1.82) is 5.26 Å². The highest BCUT2D eigenvalue weighted by Crippen LogP contribution is 2.32. The van der Waals surface area contributed by atoms with Crippen LogP contribution in [0.3, 0.4) is 0 Å². The summed E-state index contributed by atoms with van der Waals surface area (Å²) in [6.07, 6.45) is 3.96. The van der Waals surface area contributed by atoms with Gasteiger partial charge in [-0.1, -0.05) is 11.6 Å². The third-order valence-corrected chi connectivity index (χ3v) is 5.62. The van der Waals surface area contributed by atoms with Gasteiger partial charge in [0.1, 0.15) is 11.0 Å². The zero-order valence-electron chi connectivity index (χ0n) is 14.2. The number of halogens is 1. The Morgan fingerprint density at radius 1 is 1.52 bits per heavy atom. The molecule has 0 aliphatic heterocycles. The molecule has 2 aromatic heterocycles. The molecule has 1 aromatic carbocycles. The number of anilines is 1. The normalized spacial score (nSPS) is 12.8. The van der Waals surface area contributed by atoms with Crippen LogP contribution in [0.1, 0.15) is 11.6 Å². The lowest BCUT2D eigenvalue weighted by Gasteiger charge is -2.13. The number of methoxy groups -OCH3 is 1. The number of aliphatic hydroxyl groups excluding tert-OH is 1. The zero-order valence-corrected chi connectivity index (χ0v) is 15.8. The number of nitrogens with zero attached hydrogens (tertiary/aromatic N) is 3. The number of aromatic amines is 1. The number of aliphatic hydroxyl groups is 1. The molecule has 0 spiro atoms. The molecule has 1 atom stereocenters. The van der Waals surface area contributed by atoms with Crippen molar-refractivity contribution in [3.05, 3.63) is 41.3 Å². The van der Waals surface area contributed by atoms with Gasteiger partial charge in [-0.05, 0) is 12.1 Å². The van der Waals surface area contributed by atoms with E-state index < -0.39 is 16.1 Å². The van der Waals surface area contributed by atoms with Gasteiger partial charge in [0.05, 0.1) is 47.2 Å². The van der Waals surface area contributed by atoms with Crippen molar-refractivity contribution in [2.75, 3.05) is 25.0 Å². The van der Waals surface area contributed by atoms with Crippen molar-refractivity contribution in [3.63, 3.8) is 0 Å². The number of ether oxygens (including phenoxy) is 1. The van der Waals surface area contributed by atoms with Crippen molar-refractivity contribution in [3.8, 4) is 6.07 Å². The minimum atomic E-state index is -3.95. The fraction of sp³-hybridized carbons (Fsp3) is 0.250. The Morgan fingerprint density at radius 2 is 2.30 bits per heavy atom. The highest BCUT2D eigenvalue weighted by molar-refractivity contribution is 7.92. The molecule has 3 N–H and O–H groups in total. The second-order valence-electron chi connectivity index (χ2n) is 5.71. The lowest BCUT2D eigenvalue weighted by molar-refractivity contribution is 0.108. The lowest BCUT2D eigenvalue weighted by Crippen LogP contribution is -2.19. The average molecular weight is 410 g/mol. The first kappa shape index (κ1) is 19.2. The van der Waals surface area contributed by atoms with Crippen LogP contribution in [0.15, 0.2) is 35.6 Å². The molecule has 0 radical (unpaired) electrons. The number of hydrogen-bond donors (Lipinski definition) is 3. The quantitative estimate of drug-likeness (QED) is 0.545. The number of aromatic nitrogens is 3. The molecule has 9 nitrogen and oxygen atoms in total. The number of rotatable bonds is 7. The van der Waals surface area contributed by atoms with E-state index in [0.29, 0.717) is 21.5 Å². The summed E-state index contributed by atoms with van der Waals surface area (Å²) in [5, 5.41) is 23.3. The first-order valence-electron chi connectivity index (χ1n) is 7.77. The van der Waals surface area contributed by atoms with Crippen molar-refractivity contribution < 1.29 is 18.3 Å². The molecule has 0 amide bonds. The minimum absolute atomic E-state index is 0.0767. The topological polar surface area (TPSA) is 133 Å². The maximum atomic E-state index is 12.7. The Morgan fingerprint density at radius 3 is 2.96 bits per heavy atom. The van der Waals surface area contributed by atoms with Crippen LogP contribution in [0.4, 0.5) is 5.69 Å². The van der Waals surface area contributed by atoms with Crippen molar-refractivity contribution in [1.82, 2.24) is 14.8 Å². The summed E-state index contributed by atoms with van der Waals surface area (Å²) in [4.78, 5) is 2.79. The van der Waals surface area contributed by atoms with Gasteiger partial charge in [0.15, 0.2) is 0 Å². The Kier molecular flexibility index (Phi) is 5.38. The van der Waals surface area contributed by atoms with Gasteiger partial charge in [0, 0.05) is 24.9 Å². The van der Waals surface area contributed by atoms with Crippen LogP contribution < -0.4 is 4.72 Å². The summed E-state index contributed by atoms with van der Waals surface area (Å²) in [7, 11) is -2.48. The monoisotopic (exact) mass is 409 g/mol. The molecule has 3 rings (SSSR count). The van der Waals surface area contributed by atoms with Gasteiger partial charge in [0.25, 0.3) is 10.0 Å². The lowest BCUT2D eigenvalue weighted by atomic mass is 10.1. The van der Waals surface area contributed by atoms with E-state index in [1.807, 2.05) is 6.07 Å². The largest absolute Gasteiger partial charge is 0.394 e. The highest BCUT2D eigenvalue weighted by atomic mass is 35.5. The Labute approximate surface area is 160 Å². The van der Waals surface area contributed by atoms with Crippen LogP contribution in [0.25, 0.3) is 10.9 Å². The van der Waals surface area contributed by atoms with Crippen LogP contribution in [0.2, 0.25) is 5.02 Å². The molecule has 142 valence electrons. The first-order valence-corrected chi connectivity index (χ1v) is 9.63. The molecule has 0 saturated carbocycles. The van der Waals surface area contributed by atoms with E-state index >= 15 is 0 Å². The third-order valence-electron chi connectivity index (χ3n) is 3.98. The second kappa shape index (κ2) is 7.58. The highest BCUT2D eigenvalue weighted by Gasteiger charge is 2.21. The summed E-state index contributed by atoms with van der Waals surface area (Å²) in [6, 6.07) is 4.53. The average Bonchev–Trinajstić information content (AvgIpc) is 3.30. The summed E-state index contributed by atoms with van der Waals surface area (Å²) >= 11 is 6.13. The summed E-state index contributed by atoms with van der Waals surface area (Å²) < 4.78 is 34.2. The van der Waals surface area contributed by atoms with E-state index in [4.69, 9.17) is 21.6 Å². The molecular weight excluding hydrogens is 394 g/mol. The van der Waals surface area contributed by atoms with E-state index in [9.17, 15) is 13.5 Å². The number of fused-ring (bicyclic) bond motifs is 1. The number of nitriles is 1. The van der Waals surface area contributed by atoms with Gasteiger partial charge < -0.3 is 14.8 Å². The van der Waals surface area contributed by atoms with E-state index in [1.54, 1.807) is 0 Å². The molecule has 0 fully saturated rings. The van der Waals surface area contributed by atoms with E-state index in [0.717, 1.165) is 0 Å². The molecule has 11 heteroatoms. The van der Waals surface area contributed by atoms with Gasteiger partial charge in [-0.3, -0.25) is 9.40 Å². The number of sulfonamides is 1. The Balaban J connectivity index is 1.95. The predicted octanol–water partition coefficient (Wildman–Crippen LogP) is 1.87. The number of benzene rings is 1. The molecule has 0 saturated heterocycles.